The van der Waals surface area contributed by atoms with Crippen LogP contribution in [0.25, 0.3) is 0 Å². The van der Waals surface area contributed by atoms with Crippen LogP contribution in [0.15, 0.2) is 12.1 Å². The first-order chi connectivity index (χ1) is 6.22. The Morgan fingerprint density at radius 2 is 1.92 bits per heavy atom. The minimum absolute atomic E-state index is 0.588. The Kier molecular flexibility index (Phi) is 2.90. The van der Waals surface area contributed by atoms with Crippen LogP contribution in [-0.2, 0) is 0 Å². The lowest BCUT2D eigenvalue weighted by molar-refractivity contribution is 0.112. The average molecular weight is 180 g/mol. The van der Waals surface area contributed by atoms with Crippen molar-refractivity contribution in [3.8, 4) is 11.5 Å². The van der Waals surface area contributed by atoms with E-state index >= 15 is 0 Å². The van der Waals surface area contributed by atoms with Gasteiger partial charge in [-0.2, -0.15) is 0 Å². The molecule has 0 N–H and O–H groups in total. The van der Waals surface area contributed by atoms with Crippen molar-refractivity contribution in [1.29, 1.82) is 0 Å². The summed E-state index contributed by atoms with van der Waals surface area (Å²) in [5.74, 6) is 1.26. The third kappa shape index (κ3) is 1.80. The van der Waals surface area contributed by atoms with Gasteiger partial charge in [-0.05, 0) is 24.6 Å². The lowest BCUT2D eigenvalue weighted by Crippen LogP contribution is -1.95. The number of carbonyl (C=O) groups excluding carboxylic acids is 1. The first-order valence-electron chi connectivity index (χ1n) is 3.90. The predicted molar refractivity (Wildman–Crippen MR) is 49.7 cm³/mol. The van der Waals surface area contributed by atoms with E-state index in [0.29, 0.717) is 17.1 Å². The molecule has 70 valence electrons. The summed E-state index contributed by atoms with van der Waals surface area (Å²) in [6.07, 6.45) is 0.787. The maximum Gasteiger partial charge on any atom is 0.163 e. The molecule has 0 unspecified atom stereocenters. The molecule has 0 bridgehead atoms. The second-order valence-electron chi connectivity index (χ2n) is 2.69. The fourth-order valence-electron chi connectivity index (χ4n) is 1.25. The lowest BCUT2D eigenvalue weighted by Gasteiger charge is -2.10. The van der Waals surface area contributed by atoms with Crippen LogP contribution in [0, 0.1) is 6.92 Å². The van der Waals surface area contributed by atoms with Gasteiger partial charge in [0.05, 0.1) is 14.2 Å². The van der Waals surface area contributed by atoms with Crippen LogP contribution < -0.4 is 9.47 Å². The SMILES string of the molecule is COc1cc(C=O)cc(C)c1OC. The van der Waals surface area contributed by atoms with E-state index in [0.717, 1.165) is 11.8 Å². The molecule has 1 aromatic carbocycles. The number of rotatable bonds is 3. The van der Waals surface area contributed by atoms with Gasteiger partial charge in [0.1, 0.15) is 6.29 Å². The molecule has 13 heavy (non-hydrogen) atoms. The summed E-state index contributed by atoms with van der Waals surface area (Å²) < 4.78 is 10.2. The molecular weight excluding hydrogens is 168 g/mol. The van der Waals surface area contributed by atoms with Gasteiger partial charge in [0.25, 0.3) is 0 Å². The second-order valence-corrected chi connectivity index (χ2v) is 2.69. The van der Waals surface area contributed by atoms with Crippen LogP contribution in [-0.4, -0.2) is 20.5 Å². The first-order valence-corrected chi connectivity index (χ1v) is 3.90. The first kappa shape index (κ1) is 9.58. The quantitative estimate of drug-likeness (QED) is 0.665. The van der Waals surface area contributed by atoms with Crippen LogP contribution in [0.5, 0.6) is 11.5 Å². The Balaban J connectivity index is 3.28. The minimum Gasteiger partial charge on any atom is -0.493 e. The Bertz CT molecular complexity index is 318. The molecule has 1 aromatic rings. The highest BCUT2D eigenvalue weighted by molar-refractivity contribution is 5.77. The summed E-state index contributed by atoms with van der Waals surface area (Å²) in [4.78, 5) is 10.5. The predicted octanol–water partition coefficient (Wildman–Crippen LogP) is 1.82. The second kappa shape index (κ2) is 3.94. The van der Waals surface area contributed by atoms with E-state index < -0.39 is 0 Å². The van der Waals surface area contributed by atoms with Crippen molar-refractivity contribution < 1.29 is 14.3 Å². The summed E-state index contributed by atoms with van der Waals surface area (Å²) in [7, 11) is 3.12. The number of hydrogen-bond acceptors (Lipinski definition) is 3. The maximum absolute atomic E-state index is 10.5. The lowest BCUT2D eigenvalue weighted by atomic mass is 10.1. The maximum atomic E-state index is 10.5. The molecule has 3 heteroatoms. The van der Waals surface area contributed by atoms with Gasteiger partial charge in [-0.1, -0.05) is 0 Å². The minimum atomic E-state index is 0.588. The van der Waals surface area contributed by atoms with Crippen molar-refractivity contribution in [2.75, 3.05) is 14.2 Å². The van der Waals surface area contributed by atoms with Gasteiger partial charge in [0.15, 0.2) is 11.5 Å². The number of hydrogen-bond donors (Lipinski definition) is 0. The molecule has 0 atom stereocenters. The number of benzene rings is 1. The molecule has 0 aliphatic heterocycles. The van der Waals surface area contributed by atoms with Crippen molar-refractivity contribution in [3.05, 3.63) is 23.3 Å². The molecule has 0 radical (unpaired) electrons. The van der Waals surface area contributed by atoms with E-state index in [9.17, 15) is 4.79 Å². The van der Waals surface area contributed by atoms with Gasteiger partial charge in [-0.15, -0.1) is 0 Å². The van der Waals surface area contributed by atoms with Crippen LogP contribution in [0.2, 0.25) is 0 Å². The highest BCUT2D eigenvalue weighted by atomic mass is 16.5. The summed E-state index contributed by atoms with van der Waals surface area (Å²) in [5.41, 5.74) is 1.49. The molecule has 0 aromatic heterocycles. The van der Waals surface area contributed by atoms with E-state index in [4.69, 9.17) is 9.47 Å². The summed E-state index contributed by atoms with van der Waals surface area (Å²) >= 11 is 0. The fraction of sp³-hybridized carbons (Fsp3) is 0.300. The third-order valence-corrected chi connectivity index (χ3v) is 1.82. The molecule has 0 spiro atoms. The van der Waals surface area contributed by atoms with Crippen molar-refractivity contribution in [2.24, 2.45) is 0 Å². The van der Waals surface area contributed by atoms with E-state index in [1.807, 2.05) is 6.92 Å². The van der Waals surface area contributed by atoms with Gasteiger partial charge in [-0.3, -0.25) is 4.79 Å². The van der Waals surface area contributed by atoms with Gasteiger partial charge >= 0.3 is 0 Å². The fourth-order valence-corrected chi connectivity index (χ4v) is 1.25. The Morgan fingerprint density at radius 1 is 1.23 bits per heavy atom. The zero-order valence-electron chi connectivity index (χ0n) is 7.96. The largest absolute Gasteiger partial charge is 0.493 e. The van der Waals surface area contributed by atoms with Crippen LogP contribution in [0.1, 0.15) is 15.9 Å². The molecule has 0 saturated heterocycles. The normalized spacial score (nSPS) is 9.46. The number of methoxy groups -OCH3 is 2. The van der Waals surface area contributed by atoms with Crippen LogP contribution in [0.4, 0.5) is 0 Å². The zero-order chi connectivity index (χ0) is 9.84. The van der Waals surface area contributed by atoms with Crippen LogP contribution >= 0.6 is 0 Å². The van der Waals surface area contributed by atoms with Gasteiger partial charge < -0.3 is 9.47 Å². The molecule has 0 fully saturated rings. The molecule has 0 aliphatic carbocycles. The zero-order valence-corrected chi connectivity index (χ0v) is 7.96. The van der Waals surface area contributed by atoms with E-state index in [-0.39, 0.29) is 0 Å². The van der Waals surface area contributed by atoms with Gasteiger partial charge in [0, 0.05) is 5.56 Å². The Morgan fingerprint density at radius 3 is 2.38 bits per heavy atom. The highest BCUT2D eigenvalue weighted by Crippen LogP contribution is 2.31. The summed E-state index contributed by atoms with van der Waals surface area (Å²) in [5, 5.41) is 0. The van der Waals surface area contributed by atoms with E-state index in [1.54, 1.807) is 26.4 Å². The molecule has 0 aliphatic rings. The Labute approximate surface area is 77.3 Å². The van der Waals surface area contributed by atoms with E-state index in [1.165, 1.54) is 0 Å². The molecule has 0 amide bonds. The standard InChI is InChI=1S/C10H12O3/c1-7-4-8(6-11)5-9(12-2)10(7)13-3/h4-6H,1-3H3. The third-order valence-electron chi connectivity index (χ3n) is 1.82. The molecule has 3 nitrogen and oxygen atoms in total. The summed E-state index contributed by atoms with van der Waals surface area (Å²) in [6.45, 7) is 1.87. The smallest absolute Gasteiger partial charge is 0.163 e. The van der Waals surface area contributed by atoms with Crippen molar-refractivity contribution in [1.82, 2.24) is 0 Å². The Hall–Kier alpha value is -1.51. The topological polar surface area (TPSA) is 35.5 Å². The van der Waals surface area contributed by atoms with Crippen molar-refractivity contribution in [3.63, 3.8) is 0 Å². The van der Waals surface area contributed by atoms with Crippen molar-refractivity contribution in [2.45, 2.75) is 6.92 Å². The van der Waals surface area contributed by atoms with E-state index in [2.05, 4.69) is 0 Å². The number of carbonyl (C=O) groups is 1. The van der Waals surface area contributed by atoms with Crippen LogP contribution in [0.3, 0.4) is 0 Å². The molecular formula is C10H12O3. The monoisotopic (exact) mass is 180 g/mol. The number of aryl methyl sites for hydroxylation is 1. The number of ether oxygens (including phenoxy) is 2. The molecule has 0 heterocycles. The molecule has 0 saturated carbocycles. The highest BCUT2D eigenvalue weighted by Gasteiger charge is 2.08. The number of aldehydes is 1. The average Bonchev–Trinajstić information content (AvgIpc) is 2.16. The van der Waals surface area contributed by atoms with Gasteiger partial charge in [-0.25, -0.2) is 0 Å². The summed E-state index contributed by atoms with van der Waals surface area (Å²) in [6, 6.07) is 3.41. The van der Waals surface area contributed by atoms with Gasteiger partial charge in [0.2, 0.25) is 0 Å². The van der Waals surface area contributed by atoms with Crippen molar-refractivity contribution >= 4 is 6.29 Å². The molecule has 1 rings (SSSR count).